The number of hydrogen-bond acceptors (Lipinski definition) is 4. The van der Waals surface area contributed by atoms with Gasteiger partial charge in [-0.25, -0.2) is 12.7 Å². The second kappa shape index (κ2) is 5.96. The Morgan fingerprint density at radius 1 is 1.57 bits per heavy atom. The molecule has 0 aliphatic rings. The van der Waals surface area contributed by atoms with Gasteiger partial charge in [0.2, 0.25) is 10.0 Å². The summed E-state index contributed by atoms with van der Waals surface area (Å²) in [6.45, 7) is 1.87. The van der Waals surface area contributed by atoms with Gasteiger partial charge in [-0.1, -0.05) is 0 Å². The summed E-state index contributed by atoms with van der Waals surface area (Å²) in [7, 11) is -0.355. The molecule has 0 bridgehead atoms. The summed E-state index contributed by atoms with van der Waals surface area (Å²) in [4.78, 5) is 0. The maximum absolute atomic E-state index is 11.5. The van der Waals surface area contributed by atoms with Gasteiger partial charge >= 0.3 is 0 Å². The van der Waals surface area contributed by atoms with E-state index in [1.807, 2.05) is 6.07 Å². The zero-order chi connectivity index (χ0) is 11.2. The van der Waals surface area contributed by atoms with E-state index in [2.05, 4.69) is 0 Å². The Morgan fingerprint density at radius 2 is 2.14 bits per heavy atom. The van der Waals surface area contributed by atoms with Crippen LogP contribution in [0.3, 0.4) is 0 Å². The van der Waals surface area contributed by atoms with Gasteiger partial charge in [-0.3, -0.25) is 0 Å². The van der Waals surface area contributed by atoms with Crippen LogP contribution in [0.25, 0.3) is 0 Å². The molecule has 0 radical (unpaired) electrons. The molecule has 0 spiro atoms. The van der Waals surface area contributed by atoms with Gasteiger partial charge in [0.05, 0.1) is 24.8 Å². The highest BCUT2D eigenvalue weighted by Crippen LogP contribution is 2.07. The summed E-state index contributed by atoms with van der Waals surface area (Å²) in [5, 5.41) is 8.43. The summed E-state index contributed by atoms with van der Waals surface area (Å²) in [5.41, 5.74) is 0. The fourth-order valence-corrected chi connectivity index (χ4v) is 2.16. The van der Waals surface area contributed by atoms with Gasteiger partial charge < -0.3 is 4.74 Å². The first-order valence-electron chi connectivity index (χ1n) is 4.27. The average molecular weight is 220 g/mol. The van der Waals surface area contributed by atoms with Crippen molar-refractivity contribution in [1.29, 1.82) is 5.26 Å². The van der Waals surface area contributed by atoms with Crippen molar-refractivity contribution in [2.24, 2.45) is 0 Å². The van der Waals surface area contributed by atoms with E-state index in [1.54, 1.807) is 6.92 Å². The smallest absolute Gasteiger partial charge is 0.216 e. The molecule has 82 valence electrons. The van der Waals surface area contributed by atoms with Gasteiger partial charge in [0.25, 0.3) is 0 Å². The fraction of sp³-hybridized carbons (Fsp3) is 0.875. The van der Waals surface area contributed by atoms with E-state index in [-0.39, 0.29) is 24.8 Å². The minimum absolute atomic E-state index is 0.0459. The monoisotopic (exact) mass is 220 g/mol. The topological polar surface area (TPSA) is 70.4 Å². The lowest BCUT2D eigenvalue weighted by Crippen LogP contribution is -2.37. The van der Waals surface area contributed by atoms with Crippen molar-refractivity contribution in [2.45, 2.75) is 19.4 Å². The van der Waals surface area contributed by atoms with Crippen LogP contribution in [0.4, 0.5) is 0 Å². The van der Waals surface area contributed by atoms with E-state index in [0.29, 0.717) is 0 Å². The molecule has 0 aromatic carbocycles. The highest BCUT2D eigenvalue weighted by molar-refractivity contribution is 7.89. The van der Waals surface area contributed by atoms with E-state index >= 15 is 0 Å². The Balaban J connectivity index is 4.36. The van der Waals surface area contributed by atoms with E-state index in [1.165, 1.54) is 18.5 Å². The molecule has 0 aliphatic heterocycles. The molecular formula is C8H16N2O3S. The molecule has 5 nitrogen and oxygen atoms in total. The lowest BCUT2D eigenvalue weighted by molar-refractivity contribution is 0.215. The largest absolute Gasteiger partial charge is 0.384 e. The Morgan fingerprint density at radius 3 is 2.57 bits per heavy atom. The molecule has 0 aromatic heterocycles. The zero-order valence-corrected chi connectivity index (χ0v) is 9.54. The van der Waals surface area contributed by atoms with Crippen LogP contribution in [-0.4, -0.2) is 45.3 Å². The van der Waals surface area contributed by atoms with Gasteiger partial charge in [0.15, 0.2) is 0 Å². The van der Waals surface area contributed by atoms with E-state index in [4.69, 9.17) is 10.00 Å². The SMILES string of the molecule is COCCS(=O)(=O)N(C)C(C)CC#N. The molecule has 0 saturated heterocycles. The maximum atomic E-state index is 11.5. The molecule has 0 fully saturated rings. The molecule has 0 N–H and O–H groups in total. The van der Waals surface area contributed by atoms with E-state index < -0.39 is 10.0 Å². The standard InChI is InChI=1S/C8H16N2O3S/c1-8(4-5-9)10(2)14(11,12)7-6-13-3/h8H,4,6-7H2,1-3H3. The Bertz CT molecular complexity index is 294. The second-order valence-corrected chi connectivity index (χ2v) is 5.18. The fourth-order valence-electron chi connectivity index (χ4n) is 0.867. The first-order valence-corrected chi connectivity index (χ1v) is 5.88. The molecule has 0 aromatic rings. The highest BCUT2D eigenvalue weighted by Gasteiger charge is 2.22. The van der Waals surface area contributed by atoms with Crippen LogP contribution in [0, 0.1) is 11.3 Å². The lowest BCUT2D eigenvalue weighted by Gasteiger charge is -2.21. The summed E-state index contributed by atoms with van der Waals surface area (Å²) in [5.74, 6) is -0.0459. The molecule has 0 rings (SSSR count). The number of hydrogen-bond donors (Lipinski definition) is 0. The zero-order valence-electron chi connectivity index (χ0n) is 8.73. The molecule has 0 aliphatic carbocycles. The Kier molecular flexibility index (Phi) is 5.69. The first-order chi connectivity index (χ1) is 6.45. The minimum Gasteiger partial charge on any atom is -0.384 e. The van der Waals surface area contributed by atoms with Gasteiger partial charge in [0, 0.05) is 20.2 Å². The van der Waals surface area contributed by atoms with Crippen LogP contribution in [0.1, 0.15) is 13.3 Å². The third-order valence-corrected chi connectivity index (χ3v) is 3.91. The van der Waals surface area contributed by atoms with Gasteiger partial charge in [-0.15, -0.1) is 0 Å². The molecule has 0 saturated carbocycles. The second-order valence-electron chi connectivity index (χ2n) is 3.04. The predicted octanol–water partition coefficient (Wildman–Crippen LogP) is 0.197. The van der Waals surface area contributed by atoms with Crippen LogP contribution in [-0.2, 0) is 14.8 Å². The third-order valence-electron chi connectivity index (χ3n) is 1.99. The first kappa shape index (κ1) is 13.4. The molecular weight excluding hydrogens is 204 g/mol. The Labute approximate surface area is 85.3 Å². The molecule has 1 atom stereocenters. The summed E-state index contributed by atoms with van der Waals surface area (Å²) < 4.78 is 29.0. The number of nitrogens with zero attached hydrogens (tertiary/aromatic N) is 2. The van der Waals surface area contributed by atoms with Crippen LogP contribution >= 0.6 is 0 Å². The molecule has 1 unspecified atom stereocenters. The number of rotatable bonds is 6. The molecule has 0 amide bonds. The predicted molar refractivity (Wildman–Crippen MR) is 53.1 cm³/mol. The van der Waals surface area contributed by atoms with Gasteiger partial charge in [-0.05, 0) is 6.92 Å². The summed E-state index contributed by atoms with van der Waals surface area (Å²) >= 11 is 0. The van der Waals surface area contributed by atoms with Crippen molar-refractivity contribution in [1.82, 2.24) is 4.31 Å². The van der Waals surface area contributed by atoms with Crippen LogP contribution in [0.5, 0.6) is 0 Å². The van der Waals surface area contributed by atoms with Crippen molar-refractivity contribution in [2.75, 3.05) is 26.5 Å². The van der Waals surface area contributed by atoms with Crippen molar-refractivity contribution < 1.29 is 13.2 Å². The quantitative estimate of drug-likeness (QED) is 0.641. The molecule has 14 heavy (non-hydrogen) atoms. The van der Waals surface area contributed by atoms with Crippen molar-refractivity contribution >= 4 is 10.0 Å². The lowest BCUT2D eigenvalue weighted by atomic mass is 10.3. The average Bonchev–Trinajstić information content (AvgIpc) is 2.14. The van der Waals surface area contributed by atoms with Crippen molar-refractivity contribution in [3.05, 3.63) is 0 Å². The number of ether oxygens (including phenoxy) is 1. The molecule has 6 heteroatoms. The van der Waals surface area contributed by atoms with Crippen molar-refractivity contribution in [3.63, 3.8) is 0 Å². The van der Waals surface area contributed by atoms with Crippen molar-refractivity contribution in [3.8, 4) is 6.07 Å². The maximum Gasteiger partial charge on any atom is 0.216 e. The van der Waals surface area contributed by atoms with Crippen LogP contribution in [0.2, 0.25) is 0 Å². The normalized spacial score (nSPS) is 13.9. The molecule has 0 heterocycles. The van der Waals surface area contributed by atoms with Gasteiger partial charge in [0.1, 0.15) is 0 Å². The van der Waals surface area contributed by atoms with Crippen LogP contribution < -0.4 is 0 Å². The number of nitriles is 1. The Hall–Kier alpha value is -0.640. The number of methoxy groups -OCH3 is 1. The van der Waals surface area contributed by atoms with Gasteiger partial charge in [-0.2, -0.15) is 5.26 Å². The minimum atomic E-state index is -3.29. The summed E-state index contributed by atoms with van der Waals surface area (Å²) in [6, 6.07) is 1.65. The third kappa shape index (κ3) is 4.05. The van der Waals surface area contributed by atoms with E-state index in [0.717, 1.165) is 0 Å². The highest BCUT2D eigenvalue weighted by atomic mass is 32.2. The van der Waals surface area contributed by atoms with Crippen LogP contribution in [0.15, 0.2) is 0 Å². The van der Waals surface area contributed by atoms with E-state index in [9.17, 15) is 8.42 Å². The summed E-state index contributed by atoms with van der Waals surface area (Å²) in [6.07, 6.45) is 0.197. The number of sulfonamides is 1.